The highest BCUT2D eigenvalue weighted by molar-refractivity contribution is 5.82. The number of esters is 1. The first-order valence-corrected chi connectivity index (χ1v) is 9.94. The molecule has 3 atom stereocenters. The number of aldehydes is 1. The van der Waals surface area contributed by atoms with Gasteiger partial charge in [0.15, 0.2) is 0 Å². The van der Waals surface area contributed by atoms with Crippen LogP contribution in [0.2, 0.25) is 0 Å². The molecular formula is C21H36O4. The van der Waals surface area contributed by atoms with Gasteiger partial charge in [0.05, 0.1) is 12.5 Å². The maximum absolute atomic E-state index is 12.4. The van der Waals surface area contributed by atoms with E-state index in [0.29, 0.717) is 31.1 Å². The van der Waals surface area contributed by atoms with Crippen molar-refractivity contribution in [1.82, 2.24) is 0 Å². The third kappa shape index (κ3) is 7.29. The number of ketones is 1. The van der Waals surface area contributed by atoms with Gasteiger partial charge in [0.25, 0.3) is 0 Å². The Bertz CT molecular complexity index is 436. The molecule has 3 unspecified atom stereocenters. The van der Waals surface area contributed by atoms with E-state index in [1.165, 1.54) is 0 Å². The molecule has 0 radical (unpaired) electrons. The highest BCUT2D eigenvalue weighted by atomic mass is 16.5. The summed E-state index contributed by atoms with van der Waals surface area (Å²) >= 11 is 0. The van der Waals surface area contributed by atoms with Gasteiger partial charge in [-0.2, -0.15) is 0 Å². The Hall–Kier alpha value is -1.19. The molecule has 1 aliphatic carbocycles. The minimum atomic E-state index is -0.176. The molecule has 0 bridgehead atoms. The average Bonchev–Trinajstić information content (AvgIpc) is 2.53. The Balaban J connectivity index is 2.49. The van der Waals surface area contributed by atoms with Crippen LogP contribution in [0.1, 0.15) is 85.5 Å². The van der Waals surface area contributed by atoms with Crippen molar-refractivity contribution < 1.29 is 19.1 Å². The zero-order valence-electron chi connectivity index (χ0n) is 16.5. The standard InChI is InChI=1S/C21H36O4/c1-5-25-20(24)17(13-9-15-22)11-7-6-10-16-12-8-14-18(23)19(16)21(2,3)4/h15-17,19H,5-14H2,1-4H3. The van der Waals surface area contributed by atoms with Crippen molar-refractivity contribution in [3.63, 3.8) is 0 Å². The number of hydrogen-bond donors (Lipinski definition) is 0. The first-order chi connectivity index (χ1) is 11.8. The highest BCUT2D eigenvalue weighted by Gasteiger charge is 2.39. The summed E-state index contributed by atoms with van der Waals surface area (Å²) in [5.41, 5.74) is 0.0274. The van der Waals surface area contributed by atoms with Gasteiger partial charge < -0.3 is 9.53 Å². The second kappa shape index (κ2) is 10.7. The SMILES string of the molecule is CCOC(=O)C(CCC=O)CCCCC1CCCC(=O)C1C(C)(C)C. The predicted octanol–water partition coefficient (Wildman–Crippen LogP) is 4.74. The van der Waals surface area contributed by atoms with Gasteiger partial charge in [0.1, 0.15) is 12.1 Å². The summed E-state index contributed by atoms with van der Waals surface area (Å²) in [7, 11) is 0. The molecule has 1 aliphatic rings. The van der Waals surface area contributed by atoms with E-state index in [4.69, 9.17) is 4.74 Å². The second-order valence-electron chi connectivity index (χ2n) is 8.44. The van der Waals surface area contributed by atoms with Gasteiger partial charge in [-0.05, 0) is 50.4 Å². The average molecular weight is 353 g/mol. The monoisotopic (exact) mass is 352 g/mol. The molecule has 4 nitrogen and oxygen atoms in total. The van der Waals surface area contributed by atoms with Crippen LogP contribution in [-0.4, -0.2) is 24.6 Å². The second-order valence-corrected chi connectivity index (χ2v) is 8.44. The Morgan fingerprint density at radius 1 is 1.28 bits per heavy atom. The van der Waals surface area contributed by atoms with Gasteiger partial charge >= 0.3 is 5.97 Å². The van der Waals surface area contributed by atoms with Crippen molar-refractivity contribution >= 4 is 18.0 Å². The van der Waals surface area contributed by atoms with E-state index in [2.05, 4.69) is 20.8 Å². The van der Waals surface area contributed by atoms with Gasteiger partial charge in [-0.15, -0.1) is 0 Å². The summed E-state index contributed by atoms with van der Waals surface area (Å²) < 4.78 is 5.12. The number of rotatable bonds is 10. The molecule has 1 rings (SSSR count). The predicted molar refractivity (Wildman–Crippen MR) is 99.2 cm³/mol. The van der Waals surface area contributed by atoms with Gasteiger partial charge in [-0.3, -0.25) is 9.59 Å². The van der Waals surface area contributed by atoms with Crippen molar-refractivity contribution in [2.45, 2.75) is 85.5 Å². The first-order valence-electron chi connectivity index (χ1n) is 9.94. The van der Waals surface area contributed by atoms with Gasteiger partial charge in [0, 0.05) is 18.8 Å². The molecule has 0 saturated heterocycles. The molecule has 0 aromatic heterocycles. The highest BCUT2D eigenvalue weighted by Crippen LogP contribution is 2.42. The number of carbonyl (C=O) groups excluding carboxylic acids is 3. The fourth-order valence-corrected chi connectivity index (χ4v) is 4.33. The Morgan fingerprint density at radius 2 is 2.00 bits per heavy atom. The lowest BCUT2D eigenvalue weighted by Gasteiger charge is -2.39. The summed E-state index contributed by atoms with van der Waals surface area (Å²) in [4.78, 5) is 35.0. The zero-order chi connectivity index (χ0) is 18.9. The first kappa shape index (κ1) is 21.9. The lowest BCUT2D eigenvalue weighted by atomic mass is 9.64. The molecule has 0 N–H and O–H groups in total. The van der Waals surface area contributed by atoms with Crippen LogP contribution in [-0.2, 0) is 19.1 Å². The molecule has 4 heteroatoms. The van der Waals surface area contributed by atoms with E-state index in [9.17, 15) is 14.4 Å². The molecule has 25 heavy (non-hydrogen) atoms. The summed E-state index contributed by atoms with van der Waals surface area (Å²) in [6.07, 6.45) is 8.54. The quantitative estimate of drug-likeness (QED) is 0.324. The number of Topliss-reactive ketones (excluding diaryl/α,β-unsaturated/α-hetero) is 1. The van der Waals surface area contributed by atoms with Crippen LogP contribution in [0.4, 0.5) is 0 Å². The van der Waals surface area contributed by atoms with Crippen molar-refractivity contribution in [2.24, 2.45) is 23.2 Å². The Morgan fingerprint density at radius 3 is 2.60 bits per heavy atom. The van der Waals surface area contributed by atoms with Gasteiger partial charge in [-0.1, -0.05) is 33.6 Å². The fraction of sp³-hybridized carbons (Fsp3) is 0.857. The topological polar surface area (TPSA) is 60.4 Å². The maximum Gasteiger partial charge on any atom is 0.308 e. The molecular weight excluding hydrogens is 316 g/mol. The lowest BCUT2D eigenvalue weighted by Crippen LogP contribution is -2.38. The molecule has 0 spiro atoms. The summed E-state index contributed by atoms with van der Waals surface area (Å²) in [6.45, 7) is 8.70. The van der Waals surface area contributed by atoms with Gasteiger partial charge in [-0.25, -0.2) is 0 Å². The molecule has 144 valence electrons. The van der Waals surface area contributed by atoms with E-state index in [1.54, 1.807) is 6.92 Å². The molecule has 0 heterocycles. The maximum atomic E-state index is 12.4. The van der Waals surface area contributed by atoms with Crippen LogP contribution in [0.25, 0.3) is 0 Å². The largest absolute Gasteiger partial charge is 0.466 e. The summed E-state index contributed by atoms with van der Waals surface area (Å²) in [5.74, 6) is 0.717. The lowest BCUT2D eigenvalue weighted by molar-refractivity contribution is -0.148. The molecule has 0 aromatic rings. The molecule has 1 fully saturated rings. The van der Waals surface area contributed by atoms with E-state index in [0.717, 1.165) is 51.2 Å². The number of hydrogen-bond acceptors (Lipinski definition) is 4. The van der Waals surface area contributed by atoms with Crippen LogP contribution < -0.4 is 0 Å². The number of carbonyl (C=O) groups is 3. The van der Waals surface area contributed by atoms with Crippen molar-refractivity contribution in [3.8, 4) is 0 Å². The minimum Gasteiger partial charge on any atom is -0.466 e. The Labute approximate surface area is 153 Å². The van der Waals surface area contributed by atoms with Crippen LogP contribution in [0.5, 0.6) is 0 Å². The summed E-state index contributed by atoms with van der Waals surface area (Å²) in [6, 6.07) is 0. The smallest absolute Gasteiger partial charge is 0.308 e. The molecule has 0 aliphatic heterocycles. The summed E-state index contributed by atoms with van der Waals surface area (Å²) in [5, 5.41) is 0. The minimum absolute atomic E-state index is 0.0274. The Kier molecular flexibility index (Phi) is 9.37. The van der Waals surface area contributed by atoms with Crippen molar-refractivity contribution in [1.29, 1.82) is 0 Å². The molecule has 0 aromatic carbocycles. The van der Waals surface area contributed by atoms with E-state index >= 15 is 0 Å². The van der Waals surface area contributed by atoms with Crippen LogP contribution in [0.3, 0.4) is 0 Å². The molecule has 1 saturated carbocycles. The van der Waals surface area contributed by atoms with Crippen molar-refractivity contribution in [2.75, 3.05) is 6.61 Å². The molecule has 0 amide bonds. The third-order valence-electron chi connectivity index (χ3n) is 5.38. The van der Waals surface area contributed by atoms with Gasteiger partial charge in [0.2, 0.25) is 0 Å². The number of ether oxygens (including phenoxy) is 1. The van der Waals surface area contributed by atoms with E-state index in [1.807, 2.05) is 0 Å². The van der Waals surface area contributed by atoms with Crippen LogP contribution >= 0.6 is 0 Å². The van der Waals surface area contributed by atoms with Crippen molar-refractivity contribution in [3.05, 3.63) is 0 Å². The third-order valence-corrected chi connectivity index (χ3v) is 5.38. The van der Waals surface area contributed by atoms with E-state index in [-0.39, 0.29) is 23.2 Å². The zero-order valence-corrected chi connectivity index (χ0v) is 16.5. The normalized spacial score (nSPS) is 22.5. The van der Waals surface area contributed by atoms with Crippen LogP contribution in [0, 0.1) is 23.2 Å². The van der Waals surface area contributed by atoms with E-state index < -0.39 is 0 Å². The number of unbranched alkanes of at least 4 members (excludes halogenated alkanes) is 1. The fourth-order valence-electron chi connectivity index (χ4n) is 4.33. The van der Waals surface area contributed by atoms with Crippen LogP contribution in [0.15, 0.2) is 0 Å².